The minimum Gasteiger partial charge on any atom is -0.508 e. The van der Waals surface area contributed by atoms with Crippen LogP contribution in [0, 0.1) is 24.1 Å². The fourth-order valence-electron chi connectivity index (χ4n) is 9.62. The zero-order valence-electron chi connectivity index (χ0n) is 26.3. The summed E-state index contributed by atoms with van der Waals surface area (Å²) in [7, 11) is 0. The molecule has 2 unspecified atom stereocenters. The molecule has 5 fully saturated rings. The van der Waals surface area contributed by atoms with Crippen molar-refractivity contribution in [2.24, 2.45) is 5.92 Å². The number of benzene rings is 2. The highest BCUT2D eigenvalue weighted by atomic mass is 19.1. The van der Waals surface area contributed by atoms with Crippen LogP contribution < -0.4 is 15.0 Å². The molecule has 9 rings (SSSR count). The maximum absolute atomic E-state index is 16.9. The highest BCUT2D eigenvalue weighted by Gasteiger charge is 2.57. The number of aromatic hydroxyl groups is 1. The van der Waals surface area contributed by atoms with Gasteiger partial charge in [-0.2, -0.15) is 9.97 Å². The number of hydrogen-bond donors (Lipinski definition) is 2. The Kier molecular flexibility index (Phi) is 6.81. The number of halogens is 2. The second-order valence-corrected chi connectivity index (χ2v) is 14.4. The van der Waals surface area contributed by atoms with Crippen molar-refractivity contribution >= 4 is 27.5 Å². The fourth-order valence-corrected chi connectivity index (χ4v) is 9.62. The number of nitrogens with one attached hydrogen (secondary N) is 1. The average molecular weight is 637 g/mol. The van der Waals surface area contributed by atoms with Crippen LogP contribution in [0.5, 0.6) is 11.8 Å². The van der Waals surface area contributed by atoms with E-state index in [0.29, 0.717) is 70.1 Å². The summed E-state index contributed by atoms with van der Waals surface area (Å²) in [6.07, 6.45) is 14.8. The number of nitrogens with zero attached hydrogens (tertiary/aromatic N) is 5. The van der Waals surface area contributed by atoms with Gasteiger partial charge in [-0.15, -0.1) is 6.42 Å². The molecule has 1 saturated carbocycles. The van der Waals surface area contributed by atoms with Gasteiger partial charge in [0.15, 0.2) is 5.82 Å². The van der Waals surface area contributed by atoms with Gasteiger partial charge in [0.25, 0.3) is 0 Å². The van der Waals surface area contributed by atoms with Gasteiger partial charge in [-0.25, -0.2) is 8.78 Å². The number of ether oxygens (including phenoxy) is 1. The highest BCUT2D eigenvalue weighted by Crippen LogP contribution is 2.51. The van der Waals surface area contributed by atoms with Crippen molar-refractivity contribution < 1.29 is 18.6 Å². The third-order valence-corrected chi connectivity index (χ3v) is 11.5. The number of phenolic OH excluding ortho intramolecular Hbond substituents is 1. The van der Waals surface area contributed by atoms with Gasteiger partial charge in [-0.3, -0.25) is 9.88 Å². The number of piperazine rings is 1. The van der Waals surface area contributed by atoms with E-state index in [0.717, 1.165) is 38.8 Å². The first-order valence-corrected chi connectivity index (χ1v) is 17.0. The summed E-state index contributed by atoms with van der Waals surface area (Å²) in [6.45, 7) is 2.18. The number of anilines is 1. The minimum absolute atomic E-state index is 0.0182. The lowest BCUT2D eigenvalue weighted by molar-refractivity contribution is 0.0775. The summed E-state index contributed by atoms with van der Waals surface area (Å²) in [5.74, 6) is 3.19. The maximum atomic E-state index is 16.9. The Morgan fingerprint density at radius 3 is 2.72 bits per heavy atom. The van der Waals surface area contributed by atoms with E-state index in [-0.39, 0.29) is 29.6 Å². The van der Waals surface area contributed by atoms with Crippen LogP contribution in [0.3, 0.4) is 0 Å². The number of fused-ring (bicyclic) bond motifs is 7. The molecule has 2 bridgehead atoms. The number of terminal acetylenes is 1. The van der Waals surface area contributed by atoms with E-state index < -0.39 is 17.5 Å². The quantitative estimate of drug-likeness (QED) is 0.269. The van der Waals surface area contributed by atoms with Gasteiger partial charge in [0.05, 0.1) is 10.9 Å². The van der Waals surface area contributed by atoms with Gasteiger partial charge >= 0.3 is 6.01 Å². The van der Waals surface area contributed by atoms with Crippen LogP contribution in [0.4, 0.5) is 14.6 Å². The van der Waals surface area contributed by atoms with Crippen LogP contribution in [-0.4, -0.2) is 81.0 Å². The molecule has 8 nitrogen and oxygen atoms in total. The zero-order valence-corrected chi connectivity index (χ0v) is 26.3. The zero-order chi connectivity index (χ0) is 31.9. The monoisotopic (exact) mass is 636 g/mol. The lowest BCUT2D eigenvalue weighted by atomic mass is 9.81. The Morgan fingerprint density at radius 1 is 1.06 bits per heavy atom. The van der Waals surface area contributed by atoms with E-state index in [4.69, 9.17) is 21.1 Å². The summed E-state index contributed by atoms with van der Waals surface area (Å²) < 4.78 is 38.4. The summed E-state index contributed by atoms with van der Waals surface area (Å²) in [5.41, 5.74) is 0.697. The van der Waals surface area contributed by atoms with E-state index >= 15 is 4.39 Å². The predicted molar refractivity (Wildman–Crippen MR) is 177 cm³/mol. The summed E-state index contributed by atoms with van der Waals surface area (Å²) in [4.78, 5) is 18.8. The van der Waals surface area contributed by atoms with Crippen LogP contribution >= 0.6 is 0 Å². The van der Waals surface area contributed by atoms with Crippen LogP contribution in [0.25, 0.3) is 32.9 Å². The number of aromatic nitrogens is 3. The molecule has 1 aliphatic carbocycles. The Hall–Kier alpha value is -4.07. The number of alkyl halides is 1. The molecular weight excluding hydrogens is 598 g/mol. The van der Waals surface area contributed by atoms with Gasteiger partial charge in [-0.05, 0) is 61.6 Å². The first kappa shape index (κ1) is 29.1. The van der Waals surface area contributed by atoms with Crippen molar-refractivity contribution in [1.29, 1.82) is 0 Å². The van der Waals surface area contributed by atoms with E-state index in [1.807, 2.05) is 12.1 Å². The molecule has 6 heterocycles. The van der Waals surface area contributed by atoms with Crippen LogP contribution in [0.1, 0.15) is 56.9 Å². The van der Waals surface area contributed by atoms with Gasteiger partial charge in [0.1, 0.15) is 35.6 Å². The minimum atomic E-state index is -0.887. The molecule has 2 aromatic heterocycles. The van der Waals surface area contributed by atoms with Crippen molar-refractivity contribution in [1.82, 2.24) is 25.2 Å². The summed E-state index contributed by atoms with van der Waals surface area (Å²) in [6, 6.07) is 9.68. The lowest BCUT2D eigenvalue weighted by Crippen LogP contribution is -2.51. The Morgan fingerprint density at radius 2 is 1.89 bits per heavy atom. The second kappa shape index (κ2) is 11.0. The Bertz CT molecular complexity index is 1940. The van der Waals surface area contributed by atoms with Crippen LogP contribution in [0.2, 0.25) is 0 Å². The molecule has 5 aliphatic rings. The van der Waals surface area contributed by atoms with Crippen LogP contribution in [0.15, 0.2) is 36.5 Å². The molecule has 4 aliphatic heterocycles. The molecule has 0 amide bonds. The molecule has 4 aromatic rings. The smallest absolute Gasteiger partial charge is 0.319 e. The third-order valence-electron chi connectivity index (χ3n) is 11.5. The molecule has 2 aromatic carbocycles. The topological polar surface area (TPSA) is 86.6 Å². The summed E-state index contributed by atoms with van der Waals surface area (Å²) in [5, 5.41) is 16.1. The molecule has 0 radical (unpaired) electrons. The molecule has 47 heavy (non-hydrogen) atoms. The Labute approximate surface area is 272 Å². The van der Waals surface area contributed by atoms with Gasteiger partial charge in [0.2, 0.25) is 0 Å². The number of phenols is 1. The highest BCUT2D eigenvalue weighted by molar-refractivity contribution is 6.02. The number of hydrogen-bond acceptors (Lipinski definition) is 8. The molecule has 0 spiro atoms. The summed E-state index contributed by atoms with van der Waals surface area (Å²) >= 11 is 0. The molecule has 10 heteroatoms. The van der Waals surface area contributed by atoms with Crippen molar-refractivity contribution in [3.05, 3.63) is 47.9 Å². The lowest BCUT2D eigenvalue weighted by Gasteiger charge is -2.36. The van der Waals surface area contributed by atoms with Gasteiger partial charge in [-0.1, -0.05) is 30.9 Å². The van der Waals surface area contributed by atoms with E-state index in [2.05, 4.69) is 26.0 Å². The average Bonchev–Trinajstić information content (AvgIpc) is 3.69. The van der Waals surface area contributed by atoms with E-state index in [9.17, 15) is 9.50 Å². The largest absolute Gasteiger partial charge is 0.508 e. The maximum Gasteiger partial charge on any atom is 0.319 e. The Balaban J connectivity index is 1.16. The molecule has 2 N–H and O–H groups in total. The number of rotatable bonds is 5. The normalized spacial score (nSPS) is 30.1. The number of pyridine rings is 1. The molecule has 4 saturated heterocycles. The standard InChI is InChI=1S/C37H38F2N6O2/c1-2-21-7-5-8-22-12-27(46)13-28(31(21)22)33-32(39)34-29(16-40-33)35(44-18-25-10-11-26(19-44)41-25)43-36(42-34)47-20-37-14-23-6-3-4-9-30(23)45(37)17-24(38)15-37/h1,5,7-8,12-13,16,23-26,30,41,46H,3-4,6,9-11,14-15,17-20H2/t23-,24-,25?,26?,30-,37-/m1/s1. The molecule has 6 atom stereocenters. The predicted octanol–water partition coefficient (Wildman–Crippen LogP) is 5.74. The van der Waals surface area contributed by atoms with Crippen LogP contribution in [-0.2, 0) is 0 Å². The van der Waals surface area contributed by atoms with Crippen molar-refractivity contribution in [3.8, 4) is 35.4 Å². The SMILES string of the molecule is C#Cc1cccc2cc(O)cc(-c3ncc4c(N5CC6CCC(C5)N6)nc(OC[C@@]56C[C@@H](F)CN5[C@@H]5CCCC[C@@H]5C6)nc4c3F)c12. The third kappa shape index (κ3) is 4.73. The fraction of sp³-hybridized carbons (Fsp3) is 0.486. The second-order valence-electron chi connectivity index (χ2n) is 14.4. The first-order chi connectivity index (χ1) is 22.9. The van der Waals surface area contributed by atoms with E-state index in [1.165, 1.54) is 25.3 Å². The van der Waals surface area contributed by atoms with Crippen molar-refractivity contribution in [3.63, 3.8) is 0 Å². The van der Waals surface area contributed by atoms with Gasteiger partial charge in [0, 0.05) is 66.9 Å². The first-order valence-electron chi connectivity index (χ1n) is 17.0. The van der Waals surface area contributed by atoms with Crippen molar-refractivity contribution in [2.75, 3.05) is 31.1 Å². The van der Waals surface area contributed by atoms with E-state index in [1.54, 1.807) is 18.3 Å². The van der Waals surface area contributed by atoms with Crippen molar-refractivity contribution in [2.45, 2.75) is 81.2 Å². The molecule has 242 valence electrons. The molecular formula is C37H38F2N6O2. The van der Waals surface area contributed by atoms with Gasteiger partial charge < -0.3 is 20.1 Å².